The first-order valence-corrected chi connectivity index (χ1v) is 7.19. The van der Waals surface area contributed by atoms with Crippen molar-refractivity contribution in [3.05, 3.63) is 77.2 Å². The Morgan fingerprint density at radius 1 is 1.27 bits per heavy atom. The van der Waals surface area contributed by atoms with Crippen LogP contribution in [-0.4, -0.2) is 12.1 Å². The van der Waals surface area contributed by atoms with Crippen molar-refractivity contribution in [3.63, 3.8) is 0 Å². The molecule has 1 heterocycles. The second-order valence-electron chi connectivity index (χ2n) is 5.64. The molecule has 0 bridgehead atoms. The molecule has 0 unspecified atom stereocenters. The molecule has 0 fully saturated rings. The van der Waals surface area contributed by atoms with E-state index in [9.17, 15) is 0 Å². The van der Waals surface area contributed by atoms with Crippen molar-refractivity contribution in [2.75, 3.05) is 6.61 Å². The lowest BCUT2D eigenvalue weighted by molar-refractivity contribution is 0.190. The van der Waals surface area contributed by atoms with Crippen LogP contribution in [0.4, 0.5) is 0 Å². The summed E-state index contributed by atoms with van der Waals surface area (Å²) >= 11 is 0. The molecule has 3 rings (SSSR count). The Balaban J connectivity index is 2.16. The number of azide groups is 1. The van der Waals surface area contributed by atoms with E-state index in [1.165, 1.54) is 0 Å². The van der Waals surface area contributed by atoms with Crippen molar-refractivity contribution in [2.24, 2.45) is 5.11 Å². The molecule has 0 aromatic heterocycles. The minimum Gasteiger partial charge on any atom is -0.492 e. The first-order valence-electron chi connectivity index (χ1n) is 7.19. The third-order valence-electron chi connectivity index (χ3n) is 4.15. The van der Waals surface area contributed by atoms with Crippen molar-refractivity contribution < 1.29 is 4.74 Å². The standard InChI is InChI=1S/C18H17N3O/c1-3-16-15-11-7-10-14(13-8-5-4-6-9-13)17(15)22-12-18(16,2)20-21-19/h3-11,16H,1,12H2,2H3/t16-,18+/m0/s1. The molecule has 2 atom stereocenters. The molecule has 0 spiro atoms. The smallest absolute Gasteiger partial charge is 0.130 e. The molecule has 22 heavy (non-hydrogen) atoms. The van der Waals surface area contributed by atoms with Crippen LogP contribution >= 0.6 is 0 Å². The van der Waals surface area contributed by atoms with Gasteiger partial charge < -0.3 is 4.74 Å². The number of nitrogens with zero attached hydrogens (tertiary/aromatic N) is 3. The number of rotatable bonds is 3. The molecule has 2 aromatic rings. The van der Waals surface area contributed by atoms with Gasteiger partial charge in [0.1, 0.15) is 12.4 Å². The fourth-order valence-corrected chi connectivity index (χ4v) is 3.02. The number of ether oxygens (including phenoxy) is 1. The van der Waals surface area contributed by atoms with Gasteiger partial charge in [-0.25, -0.2) is 0 Å². The quantitative estimate of drug-likeness (QED) is 0.336. The van der Waals surface area contributed by atoms with Gasteiger partial charge in [0.15, 0.2) is 0 Å². The largest absolute Gasteiger partial charge is 0.492 e. The number of hydrogen-bond acceptors (Lipinski definition) is 2. The SMILES string of the molecule is C=C[C@H]1c2cccc(-c3ccccc3)c2OC[C@@]1(C)N=[N+]=[N-]. The summed E-state index contributed by atoms with van der Waals surface area (Å²) in [6, 6.07) is 16.2. The second-order valence-corrected chi connectivity index (χ2v) is 5.64. The van der Waals surface area contributed by atoms with Crippen molar-refractivity contribution in [3.8, 4) is 16.9 Å². The van der Waals surface area contributed by atoms with E-state index >= 15 is 0 Å². The minimum absolute atomic E-state index is 0.0733. The van der Waals surface area contributed by atoms with E-state index in [-0.39, 0.29) is 5.92 Å². The molecule has 0 saturated carbocycles. The maximum Gasteiger partial charge on any atom is 0.130 e. The molecule has 0 aliphatic carbocycles. The maximum atomic E-state index is 8.85. The Morgan fingerprint density at radius 3 is 2.73 bits per heavy atom. The Morgan fingerprint density at radius 2 is 2.05 bits per heavy atom. The van der Waals surface area contributed by atoms with Gasteiger partial charge in [0.25, 0.3) is 0 Å². The van der Waals surface area contributed by atoms with Crippen LogP contribution in [0.1, 0.15) is 18.4 Å². The molecule has 0 N–H and O–H groups in total. The minimum atomic E-state index is -0.654. The lowest BCUT2D eigenvalue weighted by Crippen LogP contribution is -2.40. The highest BCUT2D eigenvalue weighted by Gasteiger charge is 2.39. The van der Waals surface area contributed by atoms with Crippen LogP contribution in [0.2, 0.25) is 0 Å². The maximum absolute atomic E-state index is 8.85. The van der Waals surface area contributed by atoms with Gasteiger partial charge in [0.05, 0.1) is 5.54 Å². The zero-order chi connectivity index (χ0) is 15.6. The van der Waals surface area contributed by atoms with Crippen molar-refractivity contribution >= 4 is 0 Å². The number of fused-ring (bicyclic) bond motifs is 1. The van der Waals surface area contributed by atoms with Crippen LogP contribution in [0.25, 0.3) is 21.6 Å². The Hall–Kier alpha value is -2.71. The fraction of sp³-hybridized carbons (Fsp3) is 0.222. The van der Waals surface area contributed by atoms with Gasteiger partial charge in [-0.05, 0) is 18.0 Å². The van der Waals surface area contributed by atoms with Crippen LogP contribution in [-0.2, 0) is 0 Å². The second kappa shape index (κ2) is 5.58. The molecule has 2 aromatic carbocycles. The zero-order valence-electron chi connectivity index (χ0n) is 12.4. The summed E-state index contributed by atoms with van der Waals surface area (Å²) in [5.74, 6) is 0.778. The van der Waals surface area contributed by atoms with Gasteiger partial charge in [-0.3, -0.25) is 0 Å². The lowest BCUT2D eigenvalue weighted by Gasteiger charge is -2.38. The van der Waals surface area contributed by atoms with E-state index in [1.54, 1.807) is 0 Å². The monoisotopic (exact) mass is 291 g/mol. The molecule has 4 heteroatoms. The van der Waals surface area contributed by atoms with Crippen molar-refractivity contribution in [2.45, 2.75) is 18.4 Å². The first kappa shape index (κ1) is 14.2. The molecule has 1 aliphatic heterocycles. The first-order chi connectivity index (χ1) is 10.7. The molecule has 110 valence electrons. The predicted molar refractivity (Wildman–Crippen MR) is 87.9 cm³/mol. The third-order valence-corrected chi connectivity index (χ3v) is 4.15. The summed E-state index contributed by atoms with van der Waals surface area (Å²) in [6.45, 7) is 6.16. The van der Waals surface area contributed by atoms with Gasteiger partial charge in [0, 0.05) is 22.0 Å². The number of benzene rings is 2. The van der Waals surface area contributed by atoms with Gasteiger partial charge in [0.2, 0.25) is 0 Å². The Kier molecular flexibility index (Phi) is 3.61. The average molecular weight is 291 g/mol. The topological polar surface area (TPSA) is 58.0 Å². The van der Waals surface area contributed by atoms with Gasteiger partial charge in [-0.2, -0.15) is 0 Å². The summed E-state index contributed by atoms with van der Waals surface area (Å²) in [5.41, 5.74) is 11.4. The van der Waals surface area contributed by atoms with Crippen LogP contribution < -0.4 is 4.74 Å². The molecule has 0 saturated heterocycles. The summed E-state index contributed by atoms with van der Waals surface area (Å²) < 4.78 is 6.00. The van der Waals surface area contributed by atoms with Crippen LogP contribution in [0.15, 0.2) is 66.3 Å². The Labute approximate surface area is 129 Å². The van der Waals surface area contributed by atoms with E-state index in [1.807, 2.05) is 49.4 Å². The lowest BCUT2D eigenvalue weighted by atomic mass is 9.78. The third kappa shape index (κ3) is 2.24. The highest BCUT2D eigenvalue weighted by Crippen LogP contribution is 2.46. The predicted octanol–water partition coefficient (Wildman–Crippen LogP) is 5.08. The zero-order valence-corrected chi connectivity index (χ0v) is 12.4. The summed E-state index contributed by atoms with van der Waals surface area (Å²) in [6.07, 6.45) is 1.84. The van der Waals surface area contributed by atoms with E-state index in [4.69, 9.17) is 10.3 Å². The highest BCUT2D eigenvalue weighted by atomic mass is 16.5. The average Bonchev–Trinajstić information content (AvgIpc) is 2.55. The molecule has 0 radical (unpaired) electrons. The molecular formula is C18H17N3O. The summed E-state index contributed by atoms with van der Waals surface area (Å²) in [4.78, 5) is 2.98. The van der Waals surface area contributed by atoms with Gasteiger partial charge >= 0.3 is 0 Å². The number of para-hydroxylation sites is 1. The van der Waals surface area contributed by atoms with E-state index in [0.29, 0.717) is 6.61 Å². The van der Waals surface area contributed by atoms with Gasteiger partial charge in [-0.1, -0.05) is 59.7 Å². The molecular weight excluding hydrogens is 274 g/mol. The molecule has 1 aliphatic rings. The molecule has 0 amide bonds. The van der Waals surface area contributed by atoms with Gasteiger partial charge in [-0.15, -0.1) is 6.58 Å². The molecule has 4 nitrogen and oxygen atoms in total. The summed E-state index contributed by atoms with van der Waals surface area (Å²) in [5, 5.41) is 3.95. The van der Waals surface area contributed by atoms with E-state index < -0.39 is 5.54 Å². The number of hydrogen-bond donors (Lipinski definition) is 0. The van der Waals surface area contributed by atoms with Crippen molar-refractivity contribution in [1.82, 2.24) is 0 Å². The Bertz CT molecular complexity index is 750. The normalized spacial score (nSPS) is 22.9. The van der Waals surface area contributed by atoms with Crippen LogP contribution in [0.3, 0.4) is 0 Å². The summed E-state index contributed by atoms with van der Waals surface area (Å²) in [7, 11) is 0. The van der Waals surface area contributed by atoms with E-state index in [2.05, 4.69) is 28.7 Å². The fourth-order valence-electron chi connectivity index (χ4n) is 3.02. The highest BCUT2D eigenvalue weighted by molar-refractivity contribution is 5.73. The van der Waals surface area contributed by atoms with Crippen LogP contribution in [0, 0.1) is 0 Å². The van der Waals surface area contributed by atoms with Crippen LogP contribution in [0.5, 0.6) is 5.75 Å². The van der Waals surface area contributed by atoms with Crippen molar-refractivity contribution in [1.29, 1.82) is 0 Å². The van der Waals surface area contributed by atoms with E-state index in [0.717, 1.165) is 22.4 Å².